The predicted octanol–water partition coefficient (Wildman–Crippen LogP) is 0.347. The highest BCUT2D eigenvalue weighted by molar-refractivity contribution is 5.87. The van der Waals surface area contributed by atoms with Gasteiger partial charge in [-0.15, -0.1) is 0 Å². The Kier molecular flexibility index (Phi) is 6.13. The molecule has 1 fully saturated rings. The highest BCUT2D eigenvalue weighted by Gasteiger charge is 2.46. The molecule has 0 aromatic heterocycles. The molecule has 25 heavy (non-hydrogen) atoms. The van der Waals surface area contributed by atoms with E-state index in [4.69, 9.17) is 14.2 Å². The van der Waals surface area contributed by atoms with E-state index in [-0.39, 0.29) is 5.75 Å². The van der Waals surface area contributed by atoms with Crippen molar-refractivity contribution in [2.24, 2.45) is 0 Å². The van der Waals surface area contributed by atoms with E-state index in [1.807, 2.05) is 0 Å². The molecule has 1 aliphatic rings. The largest absolute Gasteiger partial charge is 0.508 e. The lowest BCUT2D eigenvalue weighted by Gasteiger charge is -2.40. The summed E-state index contributed by atoms with van der Waals surface area (Å²) in [6, 6.07) is 6.09. The van der Waals surface area contributed by atoms with Crippen LogP contribution in [0.25, 0.3) is 6.08 Å². The Morgan fingerprint density at radius 1 is 1.12 bits per heavy atom. The number of esters is 2. The summed E-state index contributed by atoms with van der Waals surface area (Å²) in [5.41, 5.74) is 0.641. The third-order valence-electron chi connectivity index (χ3n) is 3.63. The van der Waals surface area contributed by atoms with E-state index in [0.29, 0.717) is 5.56 Å². The fourth-order valence-electron chi connectivity index (χ4n) is 2.42. The van der Waals surface area contributed by atoms with Gasteiger partial charge in [-0.1, -0.05) is 12.1 Å². The predicted molar refractivity (Wildman–Crippen MR) is 85.1 cm³/mol. The SMILES string of the molecule is CC(=O)O[C@@H]1[C@@H](O)[C@@H](OC(=O)/C=C/c2ccc(O)cc2)[C@H](O)O[C@H]1C. The van der Waals surface area contributed by atoms with E-state index < -0.39 is 42.6 Å². The smallest absolute Gasteiger partial charge is 0.331 e. The zero-order chi connectivity index (χ0) is 18.6. The number of aromatic hydroxyl groups is 1. The Morgan fingerprint density at radius 3 is 2.36 bits per heavy atom. The molecule has 1 aromatic rings. The summed E-state index contributed by atoms with van der Waals surface area (Å²) in [5, 5.41) is 29.3. The molecule has 1 saturated heterocycles. The molecule has 8 heteroatoms. The molecule has 0 saturated carbocycles. The van der Waals surface area contributed by atoms with Crippen LogP contribution in [0.2, 0.25) is 0 Å². The molecule has 1 aromatic carbocycles. The third-order valence-corrected chi connectivity index (χ3v) is 3.63. The number of hydrogen-bond donors (Lipinski definition) is 3. The van der Waals surface area contributed by atoms with Crippen LogP contribution in [0.3, 0.4) is 0 Å². The number of phenolic OH excluding ortho intramolecular Hbond substituents is 1. The average Bonchev–Trinajstić information content (AvgIpc) is 2.54. The number of aliphatic hydroxyl groups excluding tert-OH is 2. The molecule has 5 atom stereocenters. The second-order valence-corrected chi connectivity index (χ2v) is 5.62. The topological polar surface area (TPSA) is 123 Å². The molecule has 0 amide bonds. The van der Waals surface area contributed by atoms with E-state index in [1.54, 1.807) is 12.1 Å². The number of aliphatic hydroxyl groups is 2. The summed E-state index contributed by atoms with van der Waals surface area (Å²) < 4.78 is 15.1. The number of hydrogen-bond acceptors (Lipinski definition) is 8. The first-order valence-corrected chi connectivity index (χ1v) is 7.64. The third kappa shape index (κ3) is 5.02. The van der Waals surface area contributed by atoms with Gasteiger partial charge in [0.1, 0.15) is 11.9 Å². The molecule has 8 nitrogen and oxygen atoms in total. The summed E-state index contributed by atoms with van der Waals surface area (Å²) in [7, 11) is 0. The van der Waals surface area contributed by atoms with Gasteiger partial charge in [-0.25, -0.2) is 4.79 Å². The lowest BCUT2D eigenvalue weighted by molar-refractivity contribution is -0.284. The van der Waals surface area contributed by atoms with Crippen molar-refractivity contribution in [2.75, 3.05) is 0 Å². The Labute approximate surface area is 144 Å². The van der Waals surface area contributed by atoms with E-state index in [0.717, 1.165) is 6.08 Å². The van der Waals surface area contributed by atoms with Crippen LogP contribution < -0.4 is 0 Å². The molecule has 2 rings (SSSR count). The van der Waals surface area contributed by atoms with Gasteiger partial charge in [-0.3, -0.25) is 4.79 Å². The minimum absolute atomic E-state index is 0.0935. The summed E-state index contributed by atoms with van der Waals surface area (Å²) in [5.74, 6) is -1.36. The van der Waals surface area contributed by atoms with Gasteiger partial charge in [-0.2, -0.15) is 0 Å². The van der Waals surface area contributed by atoms with Gasteiger partial charge in [0.2, 0.25) is 0 Å². The number of benzene rings is 1. The summed E-state index contributed by atoms with van der Waals surface area (Å²) in [6.45, 7) is 2.69. The minimum Gasteiger partial charge on any atom is -0.508 e. The van der Waals surface area contributed by atoms with Crippen LogP contribution in [0.15, 0.2) is 30.3 Å². The number of carbonyl (C=O) groups is 2. The van der Waals surface area contributed by atoms with E-state index >= 15 is 0 Å². The van der Waals surface area contributed by atoms with Crippen LogP contribution >= 0.6 is 0 Å². The first-order valence-electron chi connectivity index (χ1n) is 7.64. The Morgan fingerprint density at radius 2 is 1.76 bits per heavy atom. The first-order chi connectivity index (χ1) is 11.8. The maximum Gasteiger partial charge on any atom is 0.331 e. The molecule has 136 valence electrons. The van der Waals surface area contributed by atoms with Crippen molar-refractivity contribution in [1.82, 2.24) is 0 Å². The molecular formula is C17H20O8. The average molecular weight is 352 g/mol. The number of rotatable bonds is 4. The standard InChI is InChI=1S/C17H20O8/c1-9-15(24-10(2)18)14(21)16(17(22)23-9)25-13(20)8-5-11-3-6-12(19)7-4-11/h3-9,14-17,19,21-22H,1-2H3/b8-5+/t9-,14+,15-,16+,17+/m0/s1. The number of ether oxygens (including phenoxy) is 3. The van der Waals surface area contributed by atoms with Crippen molar-refractivity contribution in [2.45, 2.75) is 44.6 Å². The fourth-order valence-corrected chi connectivity index (χ4v) is 2.42. The Hall–Kier alpha value is -2.42. The lowest BCUT2D eigenvalue weighted by Crippen LogP contribution is -2.59. The van der Waals surface area contributed by atoms with Crippen molar-refractivity contribution in [3.63, 3.8) is 0 Å². The quantitative estimate of drug-likeness (QED) is 0.524. The van der Waals surface area contributed by atoms with Gasteiger partial charge >= 0.3 is 11.9 Å². The Bertz CT molecular complexity index is 639. The zero-order valence-corrected chi connectivity index (χ0v) is 13.7. The molecule has 0 aliphatic carbocycles. The van der Waals surface area contributed by atoms with Crippen molar-refractivity contribution < 1.29 is 39.1 Å². The summed E-state index contributed by atoms with van der Waals surface area (Å²) >= 11 is 0. The molecule has 0 bridgehead atoms. The van der Waals surface area contributed by atoms with Gasteiger partial charge in [0, 0.05) is 13.0 Å². The number of carbonyl (C=O) groups excluding carboxylic acids is 2. The highest BCUT2D eigenvalue weighted by atomic mass is 16.7. The van der Waals surface area contributed by atoms with Crippen LogP contribution in [0, 0.1) is 0 Å². The van der Waals surface area contributed by atoms with Crippen molar-refractivity contribution in [3.05, 3.63) is 35.9 Å². The highest BCUT2D eigenvalue weighted by Crippen LogP contribution is 2.25. The zero-order valence-electron chi connectivity index (χ0n) is 13.7. The van der Waals surface area contributed by atoms with Crippen molar-refractivity contribution in [1.29, 1.82) is 0 Å². The molecule has 0 spiro atoms. The molecule has 1 heterocycles. The van der Waals surface area contributed by atoms with E-state index in [2.05, 4.69) is 0 Å². The lowest BCUT2D eigenvalue weighted by atomic mass is 9.99. The molecule has 0 radical (unpaired) electrons. The maximum atomic E-state index is 11.9. The van der Waals surface area contributed by atoms with Crippen LogP contribution in [0.5, 0.6) is 5.75 Å². The van der Waals surface area contributed by atoms with Gasteiger partial charge in [0.15, 0.2) is 18.5 Å². The second-order valence-electron chi connectivity index (χ2n) is 5.62. The second kappa shape index (κ2) is 8.11. The summed E-state index contributed by atoms with van der Waals surface area (Å²) in [4.78, 5) is 23.0. The first kappa shape index (κ1) is 18.9. The number of phenols is 1. The van der Waals surface area contributed by atoms with Gasteiger partial charge in [-0.05, 0) is 30.7 Å². The molecular weight excluding hydrogens is 332 g/mol. The Balaban J connectivity index is 2.02. The molecule has 0 unspecified atom stereocenters. The van der Waals surface area contributed by atoms with Gasteiger partial charge < -0.3 is 29.5 Å². The monoisotopic (exact) mass is 352 g/mol. The van der Waals surface area contributed by atoms with E-state index in [1.165, 1.54) is 32.1 Å². The van der Waals surface area contributed by atoms with Gasteiger partial charge in [0.25, 0.3) is 0 Å². The fraction of sp³-hybridized carbons (Fsp3) is 0.412. The van der Waals surface area contributed by atoms with Crippen molar-refractivity contribution in [3.8, 4) is 5.75 Å². The molecule has 1 aliphatic heterocycles. The van der Waals surface area contributed by atoms with E-state index in [9.17, 15) is 24.9 Å². The molecule has 3 N–H and O–H groups in total. The minimum atomic E-state index is -1.55. The van der Waals surface area contributed by atoms with Crippen LogP contribution in [-0.4, -0.2) is 58.0 Å². The van der Waals surface area contributed by atoms with Crippen LogP contribution in [0.1, 0.15) is 19.4 Å². The maximum absolute atomic E-state index is 11.9. The van der Waals surface area contributed by atoms with Gasteiger partial charge in [0.05, 0.1) is 6.10 Å². The van der Waals surface area contributed by atoms with Crippen molar-refractivity contribution >= 4 is 18.0 Å². The normalized spacial score (nSPS) is 29.4. The summed E-state index contributed by atoms with van der Waals surface area (Å²) in [6.07, 6.45) is -3.69. The van der Waals surface area contributed by atoms with Crippen LogP contribution in [-0.2, 0) is 23.8 Å². The van der Waals surface area contributed by atoms with Crippen LogP contribution in [0.4, 0.5) is 0 Å².